The molecule has 0 saturated carbocycles. The summed E-state index contributed by atoms with van der Waals surface area (Å²) >= 11 is 0. The van der Waals surface area contributed by atoms with Crippen LogP contribution in [0.4, 0.5) is 4.39 Å². The van der Waals surface area contributed by atoms with Gasteiger partial charge in [-0.05, 0) is 43.2 Å². The van der Waals surface area contributed by atoms with Gasteiger partial charge in [0.25, 0.3) is 0 Å². The smallest absolute Gasteiger partial charge is 0.152 e. The van der Waals surface area contributed by atoms with Gasteiger partial charge in [-0.15, -0.1) is 0 Å². The SMILES string of the molecule is CC(=O)/C=C(\C)c1cccc(F)c1. The van der Waals surface area contributed by atoms with E-state index in [9.17, 15) is 9.18 Å². The maximum Gasteiger partial charge on any atom is 0.152 e. The lowest BCUT2D eigenvalue weighted by molar-refractivity contribution is -0.112. The van der Waals surface area contributed by atoms with Gasteiger partial charge in [0.05, 0.1) is 0 Å². The molecule has 0 N–H and O–H groups in total. The number of allylic oxidation sites excluding steroid dienone is 2. The van der Waals surface area contributed by atoms with E-state index in [1.54, 1.807) is 19.1 Å². The van der Waals surface area contributed by atoms with Gasteiger partial charge in [-0.2, -0.15) is 0 Å². The molecule has 0 aliphatic rings. The second-order valence-corrected chi connectivity index (χ2v) is 2.95. The van der Waals surface area contributed by atoms with Crippen LogP contribution in [-0.4, -0.2) is 5.78 Å². The fourth-order valence-electron chi connectivity index (χ4n) is 1.12. The van der Waals surface area contributed by atoms with Crippen LogP contribution in [0.1, 0.15) is 19.4 Å². The molecule has 1 nitrogen and oxygen atoms in total. The highest BCUT2D eigenvalue weighted by atomic mass is 19.1. The molecule has 0 bridgehead atoms. The van der Waals surface area contributed by atoms with E-state index in [0.717, 1.165) is 11.1 Å². The Hall–Kier alpha value is -1.44. The minimum Gasteiger partial charge on any atom is -0.295 e. The van der Waals surface area contributed by atoms with E-state index in [-0.39, 0.29) is 11.6 Å². The third-order valence-electron chi connectivity index (χ3n) is 1.70. The van der Waals surface area contributed by atoms with Crippen molar-refractivity contribution >= 4 is 11.4 Å². The monoisotopic (exact) mass is 178 g/mol. The highest BCUT2D eigenvalue weighted by molar-refractivity contribution is 5.94. The van der Waals surface area contributed by atoms with Crippen LogP contribution in [0.15, 0.2) is 30.3 Å². The summed E-state index contributed by atoms with van der Waals surface area (Å²) in [6, 6.07) is 6.19. The Labute approximate surface area is 76.9 Å². The van der Waals surface area contributed by atoms with Crippen molar-refractivity contribution in [1.29, 1.82) is 0 Å². The first-order chi connectivity index (χ1) is 6.09. The molecule has 0 unspecified atom stereocenters. The molecule has 0 atom stereocenters. The Morgan fingerprint density at radius 1 is 1.38 bits per heavy atom. The number of hydrogen-bond acceptors (Lipinski definition) is 1. The molecule has 1 rings (SSSR count). The molecule has 0 amide bonds. The van der Waals surface area contributed by atoms with Crippen LogP contribution >= 0.6 is 0 Å². The van der Waals surface area contributed by atoms with Crippen LogP contribution in [0.25, 0.3) is 5.57 Å². The molecular formula is C11H11FO. The summed E-state index contributed by atoms with van der Waals surface area (Å²) in [5.74, 6) is -0.310. The van der Waals surface area contributed by atoms with Crippen LogP contribution in [0, 0.1) is 5.82 Å². The molecule has 0 heterocycles. The Morgan fingerprint density at radius 3 is 2.62 bits per heavy atom. The average molecular weight is 178 g/mol. The predicted octanol–water partition coefficient (Wildman–Crippen LogP) is 2.82. The first-order valence-corrected chi connectivity index (χ1v) is 4.04. The molecule has 0 aliphatic heterocycles. The van der Waals surface area contributed by atoms with Gasteiger partial charge in [-0.3, -0.25) is 4.79 Å². The summed E-state index contributed by atoms with van der Waals surface area (Å²) in [7, 11) is 0. The zero-order chi connectivity index (χ0) is 9.84. The minimum atomic E-state index is -0.284. The van der Waals surface area contributed by atoms with Crippen LogP contribution in [-0.2, 0) is 4.79 Å². The van der Waals surface area contributed by atoms with Crippen LogP contribution in [0.3, 0.4) is 0 Å². The lowest BCUT2D eigenvalue weighted by atomic mass is 10.1. The molecule has 0 spiro atoms. The van der Waals surface area contributed by atoms with E-state index >= 15 is 0 Å². The van der Waals surface area contributed by atoms with Crippen molar-refractivity contribution in [3.8, 4) is 0 Å². The first-order valence-electron chi connectivity index (χ1n) is 4.04. The molecular weight excluding hydrogens is 167 g/mol. The van der Waals surface area contributed by atoms with E-state index in [4.69, 9.17) is 0 Å². The van der Waals surface area contributed by atoms with Gasteiger partial charge in [0.2, 0.25) is 0 Å². The van der Waals surface area contributed by atoms with E-state index in [0.29, 0.717) is 0 Å². The molecule has 68 valence electrons. The largest absolute Gasteiger partial charge is 0.295 e. The molecule has 0 radical (unpaired) electrons. The van der Waals surface area contributed by atoms with E-state index in [1.807, 2.05) is 0 Å². The first kappa shape index (κ1) is 9.65. The summed E-state index contributed by atoms with van der Waals surface area (Å²) in [6.45, 7) is 3.26. The fourth-order valence-corrected chi connectivity index (χ4v) is 1.12. The Bertz CT molecular complexity index is 353. The molecule has 0 fully saturated rings. The summed E-state index contributed by atoms with van der Waals surface area (Å²) in [4.78, 5) is 10.7. The maximum atomic E-state index is 12.8. The third kappa shape index (κ3) is 2.82. The lowest BCUT2D eigenvalue weighted by Crippen LogP contribution is -1.86. The van der Waals surface area contributed by atoms with Gasteiger partial charge >= 0.3 is 0 Å². The van der Waals surface area contributed by atoms with E-state index in [2.05, 4.69) is 0 Å². The Balaban J connectivity index is 3.02. The van der Waals surface area contributed by atoms with E-state index in [1.165, 1.54) is 25.1 Å². The average Bonchev–Trinajstić information content (AvgIpc) is 2.03. The van der Waals surface area contributed by atoms with Crippen molar-refractivity contribution in [2.45, 2.75) is 13.8 Å². The zero-order valence-corrected chi connectivity index (χ0v) is 7.67. The van der Waals surface area contributed by atoms with Gasteiger partial charge in [0.1, 0.15) is 5.82 Å². The van der Waals surface area contributed by atoms with Crippen molar-refractivity contribution in [3.05, 3.63) is 41.7 Å². The topological polar surface area (TPSA) is 17.1 Å². The van der Waals surface area contributed by atoms with Crippen molar-refractivity contribution < 1.29 is 9.18 Å². The van der Waals surface area contributed by atoms with Crippen molar-refractivity contribution in [1.82, 2.24) is 0 Å². The minimum absolute atomic E-state index is 0.0261. The molecule has 2 heteroatoms. The second kappa shape index (κ2) is 3.99. The Kier molecular flexibility index (Phi) is 2.96. The summed E-state index contributed by atoms with van der Waals surface area (Å²) in [5, 5.41) is 0. The molecule has 0 saturated heterocycles. The molecule has 0 aliphatic carbocycles. The van der Waals surface area contributed by atoms with Crippen molar-refractivity contribution in [2.75, 3.05) is 0 Å². The normalized spacial score (nSPS) is 11.5. The van der Waals surface area contributed by atoms with Gasteiger partial charge in [-0.1, -0.05) is 12.1 Å². The van der Waals surface area contributed by atoms with Crippen LogP contribution in [0.5, 0.6) is 0 Å². The van der Waals surface area contributed by atoms with Gasteiger partial charge in [0.15, 0.2) is 5.78 Å². The number of benzene rings is 1. The van der Waals surface area contributed by atoms with Crippen LogP contribution < -0.4 is 0 Å². The second-order valence-electron chi connectivity index (χ2n) is 2.95. The fraction of sp³-hybridized carbons (Fsp3) is 0.182. The summed E-state index contributed by atoms with van der Waals surface area (Å²) < 4.78 is 12.8. The predicted molar refractivity (Wildman–Crippen MR) is 50.7 cm³/mol. The number of rotatable bonds is 2. The van der Waals surface area contributed by atoms with Crippen molar-refractivity contribution in [2.24, 2.45) is 0 Å². The summed E-state index contributed by atoms with van der Waals surface area (Å²) in [5.41, 5.74) is 1.53. The van der Waals surface area contributed by atoms with Crippen molar-refractivity contribution in [3.63, 3.8) is 0 Å². The number of carbonyl (C=O) groups excluding carboxylic acids is 1. The summed E-state index contributed by atoms with van der Waals surface area (Å²) in [6.07, 6.45) is 1.49. The molecule has 0 aromatic heterocycles. The van der Waals surface area contributed by atoms with Gasteiger partial charge < -0.3 is 0 Å². The lowest BCUT2D eigenvalue weighted by Gasteiger charge is -1.99. The molecule has 1 aromatic carbocycles. The third-order valence-corrected chi connectivity index (χ3v) is 1.70. The standard InChI is InChI=1S/C11H11FO/c1-8(6-9(2)13)10-4-3-5-11(12)7-10/h3-7H,1-2H3/b8-6+. The van der Waals surface area contributed by atoms with Gasteiger partial charge in [-0.25, -0.2) is 4.39 Å². The Morgan fingerprint density at radius 2 is 2.08 bits per heavy atom. The highest BCUT2D eigenvalue weighted by Crippen LogP contribution is 2.14. The molecule has 13 heavy (non-hydrogen) atoms. The van der Waals surface area contributed by atoms with Gasteiger partial charge in [0, 0.05) is 0 Å². The maximum absolute atomic E-state index is 12.8. The number of hydrogen-bond donors (Lipinski definition) is 0. The quantitative estimate of drug-likeness (QED) is 0.636. The number of ketones is 1. The number of carbonyl (C=O) groups is 1. The highest BCUT2D eigenvalue weighted by Gasteiger charge is 1.97. The zero-order valence-electron chi connectivity index (χ0n) is 7.67. The van der Waals surface area contributed by atoms with E-state index < -0.39 is 0 Å². The number of halogens is 1. The molecule has 1 aromatic rings. The van der Waals surface area contributed by atoms with Crippen LogP contribution in [0.2, 0.25) is 0 Å².